The molecule has 0 aliphatic rings. The third-order valence-corrected chi connectivity index (χ3v) is 2.94. The van der Waals surface area contributed by atoms with Gasteiger partial charge in [0.25, 0.3) is 0 Å². The van der Waals surface area contributed by atoms with Crippen LogP contribution in [0.4, 0.5) is 0 Å². The Kier molecular flexibility index (Phi) is 4.55. The topological polar surface area (TPSA) is 33.1 Å². The number of hydrogen-bond donors (Lipinski definition) is 1. The molecular weight excluding hydrogens is 242 g/mol. The molecule has 3 heteroatoms. The molecule has 0 spiro atoms. The van der Waals surface area contributed by atoms with Gasteiger partial charge in [0, 0.05) is 16.4 Å². The summed E-state index contributed by atoms with van der Waals surface area (Å²) >= 11 is 3.35. The van der Waals surface area contributed by atoms with E-state index in [1.54, 1.807) is 6.20 Å². The van der Waals surface area contributed by atoms with Crippen LogP contribution in [0.25, 0.3) is 0 Å². The van der Waals surface area contributed by atoms with Crippen molar-refractivity contribution in [3.05, 3.63) is 28.5 Å². The second-order valence-electron chi connectivity index (χ2n) is 3.58. The van der Waals surface area contributed by atoms with Crippen LogP contribution in [-0.4, -0.2) is 16.2 Å². The Morgan fingerprint density at radius 2 is 2.21 bits per heavy atom. The summed E-state index contributed by atoms with van der Waals surface area (Å²) in [6, 6.07) is 3.98. The van der Waals surface area contributed by atoms with Crippen molar-refractivity contribution >= 4 is 15.9 Å². The summed E-state index contributed by atoms with van der Waals surface area (Å²) in [6.07, 6.45) is 3.37. The highest BCUT2D eigenvalue weighted by Crippen LogP contribution is 2.16. The van der Waals surface area contributed by atoms with E-state index >= 15 is 0 Å². The molecule has 0 saturated heterocycles. The molecule has 1 heterocycles. The molecule has 2 nitrogen and oxygen atoms in total. The first-order valence-electron chi connectivity index (χ1n) is 4.92. The number of hydrogen-bond acceptors (Lipinski definition) is 2. The van der Waals surface area contributed by atoms with Gasteiger partial charge in [-0.15, -0.1) is 0 Å². The van der Waals surface area contributed by atoms with E-state index in [-0.39, 0.29) is 6.10 Å². The number of halogens is 1. The number of nitrogens with zero attached hydrogens (tertiary/aromatic N) is 1. The summed E-state index contributed by atoms with van der Waals surface area (Å²) in [7, 11) is 0. The second-order valence-corrected chi connectivity index (χ2v) is 4.50. The molecule has 0 saturated carbocycles. The first-order chi connectivity index (χ1) is 6.63. The van der Waals surface area contributed by atoms with Crippen LogP contribution >= 0.6 is 15.9 Å². The van der Waals surface area contributed by atoms with E-state index < -0.39 is 0 Å². The monoisotopic (exact) mass is 257 g/mol. The van der Waals surface area contributed by atoms with Crippen molar-refractivity contribution in [2.24, 2.45) is 5.92 Å². The third-order valence-electron chi connectivity index (χ3n) is 2.47. The number of aliphatic hydroxyl groups excluding tert-OH is 1. The maximum absolute atomic E-state index is 9.49. The van der Waals surface area contributed by atoms with Crippen molar-refractivity contribution < 1.29 is 5.11 Å². The van der Waals surface area contributed by atoms with Crippen LogP contribution in [0.2, 0.25) is 0 Å². The van der Waals surface area contributed by atoms with Crippen LogP contribution in [0.3, 0.4) is 0 Å². The van der Waals surface area contributed by atoms with E-state index in [2.05, 4.69) is 27.8 Å². The average Bonchev–Trinajstić information content (AvgIpc) is 2.16. The largest absolute Gasteiger partial charge is 0.393 e. The molecule has 1 aromatic heterocycles. The Balaban J connectivity index is 2.63. The van der Waals surface area contributed by atoms with Gasteiger partial charge in [0.2, 0.25) is 0 Å². The molecule has 78 valence electrons. The average molecular weight is 258 g/mol. The molecule has 1 N–H and O–H groups in total. The summed E-state index contributed by atoms with van der Waals surface area (Å²) in [5, 5.41) is 9.49. The van der Waals surface area contributed by atoms with E-state index in [1.807, 2.05) is 19.1 Å². The van der Waals surface area contributed by atoms with Crippen LogP contribution in [0.5, 0.6) is 0 Å². The molecular formula is C11H16BrNO. The minimum Gasteiger partial charge on any atom is -0.393 e. The van der Waals surface area contributed by atoms with E-state index in [1.165, 1.54) is 0 Å². The van der Waals surface area contributed by atoms with E-state index in [4.69, 9.17) is 0 Å². The first-order valence-corrected chi connectivity index (χ1v) is 5.71. The molecule has 0 fully saturated rings. The fraction of sp³-hybridized carbons (Fsp3) is 0.545. The van der Waals surface area contributed by atoms with E-state index in [0.29, 0.717) is 5.92 Å². The second kappa shape index (κ2) is 5.47. The quantitative estimate of drug-likeness (QED) is 0.900. The van der Waals surface area contributed by atoms with Gasteiger partial charge in [-0.05, 0) is 47.3 Å². The van der Waals surface area contributed by atoms with Crippen molar-refractivity contribution in [3.8, 4) is 0 Å². The van der Waals surface area contributed by atoms with Crippen molar-refractivity contribution in [1.82, 2.24) is 4.98 Å². The fourth-order valence-electron chi connectivity index (χ4n) is 1.45. The molecule has 1 aromatic rings. The molecule has 2 unspecified atom stereocenters. The van der Waals surface area contributed by atoms with E-state index in [0.717, 1.165) is 23.0 Å². The lowest BCUT2D eigenvalue weighted by molar-refractivity contribution is 0.122. The molecule has 1 rings (SSSR count). The van der Waals surface area contributed by atoms with Gasteiger partial charge in [0.05, 0.1) is 6.10 Å². The smallest absolute Gasteiger partial charge is 0.0543 e. The number of aromatic nitrogens is 1. The number of rotatable bonds is 4. The van der Waals surface area contributed by atoms with Crippen LogP contribution in [-0.2, 0) is 6.42 Å². The lowest BCUT2D eigenvalue weighted by Gasteiger charge is -2.17. The Morgan fingerprint density at radius 3 is 2.64 bits per heavy atom. The van der Waals surface area contributed by atoms with Gasteiger partial charge in [0.1, 0.15) is 0 Å². The zero-order valence-electron chi connectivity index (χ0n) is 8.57. The minimum absolute atomic E-state index is 0.259. The molecule has 0 aliphatic carbocycles. The van der Waals surface area contributed by atoms with Crippen LogP contribution < -0.4 is 0 Å². The Labute approximate surface area is 93.5 Å². The highest BCUT2D eigenvalue weighted by molar-refractivity contribution is 9.10. The van der Waals surface area contributed by atoms with Crippen molar-refractivity contribution in [2.45, 2.75) is 32.8 Å². The first kappa shape index (κ1) is 11.7. The third kappa shape index (κ3) is 3.39. The Hall–Kier alpha value is -0.410. The zero-order valence-corrected chi connectivity index (χ0v) is 10.2. The molecule has 0 amide bonds. The van der Waals surface area contributed by atoms with Crippen LogP contribution in [0.1, 0.15) is 26.0 Å². The lowest BCUT2D eigenvalue weighted by atomic mass is 9.95. The number of pyridine rings is 1. The molecule has 2 atom stereocenters. The molecule has 0 aliphatic heterocycles. The fourth-order valence-corrected chi connectivity index (χ4v) is 1.69. The summed E-state index contributed by atoms with van der Waals surface area (Å²) < 4.78 is 0.992. The molecule has 0 bridgehead atoms. The zero-order chi connectivity index (χ0) is 10.6. The SMILES string of the molecule is CCC(Cc1ccc(Br)cn1)C(C)O. The standard InChI is InChI=1S/C11H16BrNO/c1-3-9(8(2)14)6-11-5-4-10(12)7-13-11/h4-5,7-9,14H,3,6H2,1-2H3. The van der Waals surface area contributed by atoms with Crippen molar-refractivity contribution in [2.75, 3.05) is 0 Å². The number of aliphatic hydroxyl groups is 1. The van der Waals surface area contributed by atoms with Crippen molar-refractivity contribution in [3.63, 3.8) is 0 Å². The molecule has 0 radical (unpaired) electrons. The van der Waals surface area contributed by atoms with Gasteiger partial charge in [-0.2, -0.15) is 0 Å². The molecule has 0 aromatic carbocycles. The lowest BCUT2D eigenvalue weighted by Crippen LogP contribution is -2.18. The van der Waals surface area contributed by atoms with Gasteiger partial charge in [0.15, 0.2) is 0 Å². The van der Waals surface area contributed by atoms with Gasteiger partial charge < -0.3 is 5.11 Å². The summed E-state index contributed by atoms with van der Waals surface area (Å²) in [5.74, 6) is 0.309. The van der Waals surface area contributed by atoms with Gasteiger partial charge in [-0.25, -0.2) is 0 Å². The minimum atomic E-state index is -0.259. The summed E-state index contributed by atoms with van der Waals surface area (Å²) in [4.78, 5) is 4.29. The summed E-state index contributed by atoms with van der Waals surface area (Å²) in [5.41, 5.74) is 1.04. The highest BCUT2D eigenvalue weighted by Gasteiger charge is 2.13. The van der Waals surface area contributed by atoms with Crippen LogP contribution in [0.15, 0.2) is 22.8 Å². The van der Waals surface area contributed by atoms with E-state index in [9.17, 15) is 5.11 Å². The summed E-state index contributed by atoms with van der Waals surface area (Å²) in [6.45, 7) is 3.93. The van der Waals surface area contributed by atoms with Crippen molar-refractivity contribution in [1.29, 1.82) is 0 Å². The Morgan fingerprint density at radius 1 is 1.50 bits per heavy atom. The maximum Gasteiger partial charge on any atom is 0.0543 e. The highest BCUT2D eigenvalue weighted by atomic mass is 79.9. The normalized spacial score (nSPS) is 15.1. The van der Waals surface area contributed by atoms with Gasteiger partial charge >= 0.3 is 0 Å². The maximum atomic E-state index is 9.49. The predicted molar refractivity (Wildman–Crippen MR) is 61.1 cm³/mol. The van der Waals surface area contributed by atoms with Gasteiger partial charge in [-0.1, -0.05) is 13.3 Å². The predicted octanol–water partition coefficient (Wildman–Crippen LogP) is 2.79. The van der Waals surface area contributed by atoms with Crippen LogP contribution in [0, 0.1) is 5.92 Å². The van der Waals surface area contributed by atoms with Gasteiger partial charge in [-0.3, -0.25) is 4.98 Å². The Bertz CT molecular complexity index is 271. The molecule has 14 heavy (non-hydrogen) atoms.